The molecule has 1 heterocycles. The third-order valence-electron chi connectivity index (χ3n) is 2.75. The second-order valence-electron chi connectivity index (χ2n) is 4.22. The van der Waals surface area contributed by atoms with E-state index < -0.39 is 11.7 Å². The second kappa shape index (κ2) is 6.82. The van der Waals surface area contributed by atoms with Gasteiger partial charge in [0.05, 0.1) is 22.9 Å². The third-order valence-corrected chi connectivity index (χ3v) is 4.38. The van der Waals surface area contributed by atoms with Crippen LogP contribution in [-0.4, -0.2) is 15.1 Å². The maximum atomic E-state index is 12.8. The molecule has 0 fully saturated rings. The van der Waals surface area contributed by atoms with E-state index in [0.717, 1.165) is 23.9 Å². The molecule has 3 N–H and O–H groups in total. The molecule has 0 bridgehead atoms. The first-order chi connectivity index (χ1) is 10.4. The van der Waals surface area contributed by atoms with Crippen molar-refractivity contribution in [3.63, 3.8) is 0 Å². The number of nitrogens with two attached hydrogens (primary N) is 1. The summed E-state index contributed by atoms with van der Waals surface area (Å²) in [4.78, 5) is 8.37. The molecule has 2 rings (SSSR count). The highest BCUT2D eigenvalue weighted by Gasteiger charge is 2.32. The fraction of sp³-hybridized carbons (Fsp3) is 0.231. The maximum Gasteiger partial charge on any atom is 0.416 e. The third kappa shape index (κ3) is 3.70. The summed E-state index contributed by atoms with van der Waals surface area (Å²) in [5.41, 5.74) is 5.23. The number of aliphatic hydroxyl groups is 1. The Kier molecular flexibility index (Phi) is 5.28. The van der Waals surface area contributed by atoms with Crippen LogP contribution in [0.3, 0.4) is 0 Å². The largest absolute Gasteiger partial charge is 0.416 e. The van der Waals surface area contributed by atoms with Crippen molar-refractivity contribution in [1.29, 1.82) is 0 Å². The minimum absolute atomic E-state index is 0.0742. The molecule has 0 unspecified atom stereocenters. The average Bonchev–Trinajstić information content (AvgIpc) is 2.48. The van der Waals surface area contributed by atoms with E-state index in [1.807, 2.05) is 0 Å². The predicted octanol–water partition coefficient (Wildman–Crippen LogP) is 3.25. The number of rotatable bonds is 4. The van der Waals surface area contributed by atoms with Crippen LogP contribution in [0.15, 0.2) is 34.4 Å². The monoisotopic (exact) mass is 349 g/mol. The van der Waals surface area contributed by atoms with Gasteiger partial charge in [-0.2, -0.15) is 13.2 Å². The summed E-state index contributed by atoms with van der Waals surface area (Å²) in [5, 5.41) is 9.51. The van der Waals surface area contributed by atoms with Gasteiger partial charge in [-0.1, -0.05) is 23.4 Å². The molecule has 22 heavy (non-hydrogen) atoms. The summed E-state index contributed by atoms with van der Waals surface area (Å²) in [6.45, 7) is -0.451. The van der Waals surface area contributed by atoms with Crippen LogP contribution < -0.4 is 5.73 Å². The van der Waals surface area contributed by atoms with Gasteiger partial charge in [0.1, 0.15) is 5.03 Å². The second-order valence-corrected chi connectivity index (χ2v) is 5.62. The summed E-state index contributed by atoms with van der Waals surface area (Å²) < 4.78 is 38.4. The zero-order valence-electron chi connectivity index (χ0n) is 11.1. The van der Waals surface area contributed by atoms with Crippen molar-refractivity contribution in [3.05, 3.63) is 46.4 Å². The van der Waals surface area contributed by atoms with Gasteiger partial charge in [-0.25, -0.2) is 4.98 Å². The van der Waals surface area contributed by atoms with E-state index in [0.29, 0.717) is 15.6 Å². The molecule has 0 amide bonds. The predicted molar refractivity (Wildman–Crippen MR) is 76.4 cm³/mol. The summed E-state index contributed by atoms with van der Waals surface area (Å²) in [5.74, 6) is 0. The standard InChI is InChI=1S/C13H11ClF3N3OS/c14-9-4-8(13(15,16)17)3-7(5-18)11(9)22-12-10(6-21)19-1-2-20-12/h1-4,21H,5-6,18H2. The zero-order chi connectivity index (χ0) is 16.3. The SMILES string of the molecule is NCc1cc(C(F)(F)F)cc(Cl)c1Sc1nccnc1CO. The molecule has 9 heteroatoms. The first-order valence-corrected chi connectivity index (χ1v) is 7.24. The van der Waals surface area contributed by atoms with E-state index in [9.17, 15) is 18.3 Å². The van der Waals surface area contributed by atoms with E-state index >= 15 is 0 Å². The van der Waals surface area contributed by atoms with E-state index in [1.165, 1.54) is 12.4 Å². The number of aromatic nitrogens is 2. The van der Waals surface area contributed by atoms with E-state index in [1.54, 1.807) is 0 Å². The van der Waals surface area contributed by atoms with Crippen LogP contribution in [0.1, 0.15) is 16.8 Å². The highest BCUT2D eigenvalue weighted by molar-refractivity contribution is 7.99. The fourth-order valence-corrected chi connectivity index (χ4v) is 3.05. The Bertz CT molecular complexity index is 682. The lowest BCUT2D eigenvalue weighted by molar-refractivity contribution is -0.137. The number of hydrogen-bond acceptors (Lipinski definition) is 5. The highest BCUT2D eigenvalue weighted by atomic mass is 35.5. The van der Waals surface area contributed by atoms with Crippen molar-refractivity contribution in [1.82, 2.24) is 9.97 Å². The molecule has 0 saturated heterocycles. The Labute approximate surface area is 133 Å². The molecule has 0 radical (unpaired) electrons. The minimum Gasteiger partial charge on any atom is -0.390 e. The van der Waals surface area contributed by atoms with E-state index in [2.05, 4.69) is 9.97 Å². The van der Waals surface area contributed by atoms with Crippen LogP contribution in [0.25, 0.3) is 0 Å². The summed E-state index contributed by atoms with van der Waals surface area (Å²) in [6.07, 6.45) is -1.67. The number of aliphatic hydroxyl groups excluding tert-OH is 1. The van der Waals surface area contributed by atoms with Crippen LogP contribution >= 0.6 is 23.4 Å². The molecule has 1 aromatic heterocycles. The van der Waals surface area contributed by atoms with Crippen LogP contribution in [0.5, 0.6) is 0 Å². The van der Waals surface area contributed by atoms with Crippen LogP contribution in [-0.2, 0) is 19.3 Å². The lowest BCUT2D eigenvalue weighted by atomic mass is 10.1. The topological polar surface area (TPSA) is 72.0 Å². The number of nitrogens with zero attached hydrogens (tertiary/aromatic N) is 2. The molecule has 0 aliphatic rings. The number of halogens is 4. The molecule has 2 aromatic rings. The van der Waals surface area contributed by atoms with Gasteiger partial charge in [0.25, 0.3) is 0 Å². The maximum absolute atomic E-state index is 12.8. The van der Waals surface area contributed by atoms with Crippen molar-refractivity contribution < 1.29 is 18.3 Å². The van der Waals surface area contributed by atoms with Gasteiger partial charge in [0.2, 0.25) is 0 Å². The average molecular weight is 350 g/mol. The number of benzene rings is 1. The van der Waals surface area contributed by atoms with Crippen molar-refractivity contribution in [2.24, 2.45) is 5.73 Å². The first-order valence-electron chi connectivity index (χ1n) is 6.05. The molecule has 118 valence electrons. The van der Waals surface area contributed by atoms with Gasteiger partial charge in [-0.05, 0) is 17.7 Å². The minimum atomic E-state index is -4.50. The Hall–Kier alpha value is -1.35. The summed E-state index contributed by atoms with van der Waals surface area (Å²) in [6, 6.07) is 1.81. The molecule has 4 nitrogen and oxygen atoms in total. The molecule has 0 aliphatic carbocycles. The Morgan fingerprint density at radius 3 is 2.50 bits per heavy atom. The summed E-state index contributed by atoms with van der Waals surface area (Å²) in [7, 11) is 0. The quantitative estimate of drug-likeness (QED) is 0.886. The number of alkyl halides is 3. The lowest BCUT2D eigenvalue weighted by Crippen LogP contribution is -2.08. The molecule has 0 spiro atoms. The van der Waals surface area contributed by atoms with Gasteiger partial charge >= 0.3 is 6.18 Å². The lowest BCUT2D eigenvalue weighted by Gasteiger charge is -2.14. The molecular weight excluding hydrogens is 339 g/mol. The zero-order valence-corrected chi connectivity index (χ0v) is 12.6. The van der Waals surface area contributed by atoms with Gasteiger partial charge < -0.3 is 10.8 Å². The van der Waals surface area contributed by atoms with Crippen molar-refractivity contribution in [2.45, 2.75) is 29.2 Å². The smallest absolute Gasteiger partial charge is 0.390 e. The number of hydrogen-bond donors (Lipinski definition) is 2. The molecule has 0 saturated carbocycles. The Morgan fingerprint density at radius 1 is 1.23 bits per heavy atom. The van der Waals surface area contributed by atoms with Gasteiger partial charge in [-0.15, -0.1) is 0 Å². The Morgan fingerprint density at radius 2 is 1.91 bits per heavy atom. The van der Waals surface area contributed by atoms with Crippen molar-refractivity contribution >= 4 is 23.4 Å². The normalized spacial score (nSPS) is 11.7. The molecule has 0 aliphatic heterocycles. The van der Waals surface area contributed by atoms with Gasteiger partial charge in [0.15, 0.2) is 0 Å². The van der Waals surface area contributed by atoms with Crippen LogP contribution in [0.2, 0.25) is 5.02 Å². The molecular formula is C13H11ClF3N3OS. The Balaban J connectivity index is 2.47. The van der Waals surface area contributed by atoms with Crippen LogP contribution in [0.4, 0.5) is 13.2 Å². The van der Waals surface area contributed by atoms with E-state index in [4.69, 9.17) is 17.3 Å². The first kappa shape index (κ1) is 17.0. The van der Waals surface area contributed by atoms with Gasteiger partial charge in [-0.3, -0.25) is 4.98 Å². The van der Waals surface area contributed by atoms with E-state index in [-0.39, 0.29) is 23.7 Å². The molecule has 1 aromatic carbocycles. The van der Waals surface area contributed by atoms with Crippen molar-refractivity contribution in [2.75, 3.05) is 0 Å². The van der Waals surface area contributed by atoms with Crippen LogP contribution in [0, 0.1) is 0 Å². The van der Waals surface area contributed by atoms with Crippen molar-refractivity contribution in [3.8, 4) is 0 Å². The molecule has 0 atom stereocenters. The van der Waals surface area contributed by atoms with Gasteiger partial charge in [0, 0.05) is 23.8 Å². The fourth-order valence-electron chi connectivity index (χ4n) is 1.72. The summed E-state index contributed by atoms with van der Waals surface area (Å²) >= 11 is 7.00. The highest BCUT2D eigenvalue weighted by Crippen LogP contribution is 2.40.